The Hall–Kier alpha value is -1.66. The van der Waals surface area contributed by atoms with Gasteiger partial charge in [-0.3, -0.25) is 9.80 Å². The molecule has 0 spiro atoms. The lowest BCUT2D eigenvalue weighted by Crippen LogP contribution is -2.46. The average Bonchev–Trinajstić information content (AvgIpc) is 3.17. The maximum Gasteiger partial charge on any atom is 0.123 e. The largest absolute Gasteiger partial charge is 0.332 e. The van der Waals surface area contributed by atoms with E-state index in [0.717, 1.165) is 39.3 Å². The molecule has 0 saturated heterocycles. The second kappa shape index (κ2) is 5.95. The molecular formula is C19H30N6. The lowest BCUT2D eigenvalue weighted by Gasteiger charge is -2.39. The van der Waals surface area contributed by atoms with E-state index >= 15 is 0 Å². The summed E-state index contributed by atoms with van der Waals surface area (Å²) >= 11 is 0. The van der Waals surface area contributed by atoms with Crippen LogP contribution in [0.2, 0.25) is 0 Å². The fraction of sp³-hybridized carbons (Fsp3) is 0.684. The third kappa shape index (κ3) is 2.91. The van der Waals surface area contributed by atoms with Crippen LogP contribution in [0.3, 0.4) is 0 Å². The zero-order valence-corrected chi connectivity index (χ0v) is 16.2. The first kappa shape index (κ1) is 16.8. The normalized spacial score (nSPS) is 19.3. The summed E-state index contributed by atoms with van der Waals surface area (Å²) in [4.78, 5) is 14.7. The molecule has 2 aromatic rings. The average molecular weight is 342 g/mol. The van der Waals surface area contributed by atoms with Crippen molar-refractivity contribution in [3.8, 4) is 0 Å². The molecule has 6 heteroatoms. The predicted octanol–water partition coefficient (Wildman–Crippen LogP) is 2.40. The van der Waals surface area contributed by atoms with E-state index in [0.29, 0.717) is 5.92 Å². The molecule has 0 aromatic carbocycles. The molecule has 0 N–H and O–H groups in total. The highest BCUT2D eigenvalue weighted by Gasteiger charge is 2.35. The number of hydrogen-bond donors (Lipinski definition) is 0. The van der Waals surface area contributed by atoms with E-state index in [-0.39, 0.29) is 5.54 Å². The first-order valence-corrected chi connectivity index (χ1v) is 9.40. The van der Waals surface area contributed by atoms with Crippen LogP contribution in [0.25, 0.3) is 0 Å². The predicted molar refractivity (Wildman–Crippen MR) is 98.3 cm³/mol. The minimum Gasteiger partial charge on any atom is -0.332 e. The number of nitrogens with zero attached hydrogens (tertiary/aromatic N) is 6. The van der Waals surface area contributed by atoms with Gasteiger partial charge < -0.3 is 9.13 Å². The molecule has 2 aliphatic heterocycles. The van der Waals surface area contributed by atoms with Crippen molar-refractivity contribution in [1.82, 2.24) is 28.9 Å². The highest BCUT2D eigenvalue weighted by Crippen LogP contribution is 2.31. The van der Waals surface area contributed by atoms with Gasteiger partial charge in [0.1, 0.15) is 11.6 Å². The van der Waals surface area contributed by atoms with Gasteiger partial charge in [-0.2, -0.15) is 0 Å². The van der Waals surface area contributed by atoms with Gasteiger partial charge >= 0.3 is 0 Å². The van der Waals surface area contributed by atoms with E-state index in [1.807, 2.05) is 0 Å². The molecule has 6 nitrogen and oxygen atoms in total. The van der Waals surface area contributed by atoms with Crippen molar-refractivity contribution in [3.05, 3.63) is 35.4 Å². The lowest BCUT2D eigenvalue weighted by molar-refractivity contribution is 0.0808. The minimum atomic E-state index is -0.0852. The fourth-order valence-electron chi connectivity index (χ4n) is 3.86. The maximum absolute atomic E-state index is 4.99. The van der Waals surface area contributed by atoms with Crippen molar-refractivity contribution in [2.75, 3.05) is 20.1 Å². The van der Waals surface area contributed by atoms with Gasteiger partial charge in [0.25, 0.3) is 0 Å². The zero-order valence-electron chi connectivity index (χ0n) is 16.2. The van der Waals surface area contributed by atoms with Gasteiger partial charge in [-0.05, 0) is 26.8 Å². The molecule has 0 radical (unpaired) electrons. The van der Waals surface area contributed by atoms with Crippen molar-refractivity contribution < 1.29 is 0 Å². The van der Waals surface area contributed by atoms with Gasteiger partial charge in [0.15, 0.2) is 0 Å². The SMILES string of the molecule is CC(C)c1cn2c(n1)CN(C(C)(C)c1cn3c(n1)CN(C)CC3)CC2. The second-order valence-electron chi connectivity index (χ2n) is 8.38. The molecule has 4 rings (SSSR count). The number of fused-ring (bicyclic) bond motifs is 2. The van der Waals surface area contributed by atoms with E-state index in [2.05, 4.69) is 66.1 Å². The number of hydrogen-bond acceptors (Lipinski definition) is 4. The molecule has 0 amide bonds. The third-order valence-electron chi connectivity index (χ3n) is 5.82. The van der Waals surface area contributed by atoms with Crippen molar-refractivity contribution in [3.63, 3.8) is 0 Å². The lowest BCUT2D eigenvalue weighted by atomic mass is 9.98. The van der Waals surface area contributed by atoms with E-state index in [9.17, 15) is 0 Å². The summed E-state index contributed by atoms with van der Waals surface area (Å²) in [6.07, 6.45) is 4.50. The summed E-state index contributed by atoms with van der Waals surface area (Å²) in [5.74, 6) is 2.86. The highest BCUT2D eigenvalue weighted by molar-refractivity contribution is 5.17. The van der Waals surface area contributed by atoms with Crippen LogP contribution >= 0.6 is 0 Å². The number of imidazole rings is 2. The van der Waals surface area contributed by atoms with Crippen LogP contribution in [0.15, 0.2) is 12.4 Å². The molecule has 0 aliphatic carbocycles. The Bertz CT molecular complexity index is 769. The minimum absolute atomic E-state index is 0.0852. The molecule has 0 bridgehead atoms. The van der Waals surface area contributed by atoms with Gasteiger partial charge in [-0.1, -0.05) is 13.8 Å². The van der Waals surface area contributed by atoms with Crippen LogP contribution in [-0.4, -0.2) is 49.0 Å². The molecular weight excluding hydrogens is 312 g/mol. The first-order chi connectivity index (χ1) is 11.8. The van der Waals surface area contributed by atoms with Crippen LogP contribution in [0.1, 0.15) is 56.6 Å². The monoisotopic (exact) mass is 342 g/mol. The molecule has 136 valence electrons. The van der Waals surface area contributed by atoms with Crippen LogP contribution in [0, 0.1) is 0 Å². The van der Waals surface area contributed by atoms with Crippen LogP contribution < -0.4 is 0 Å². The molecule has 2 aromatic heterocycles. The summed E-state index contributed by atoms with van der Waals surface area (Å²) in [6.45, 7) is 15.0. The van der Waals surface area contributed by atoms with Crippen molar-refractivity contribution in [1.29, 1.82) is 0 Å². The number of rotatable bonds is 3. The second-order valence-corrected chi connectivity index (χ2v) is 8.38. The van der Waals surface area contributed by atoms with E-state index in [1.165, 1.54) is 23.0 Å². The van der Waals surface area contributed by atoms with Crippen LogP contribution in [0.5, 0.6) is 0 Å². The summed E-state index contributed by atoms with van der Waals surface area (Å²) in [5, 5.41) is 0. The Labute approximate surface area is 150 Å². The van der Waals surface area contributed by atoms with Crippen molar-refractivity contribution >= 4 is 0 Å². The van der Waals surface area contributed by atoms with Gasteiger partial charge in [-0.25, -0.2) is 9.97 Å². The van der Waals surface area contributed by atoms with E-state index < -0.39 is 0 Å². The van der Waals surface area contributed by atoms with Crippen LogP contribution in [-0.2, 0) is 31.7 Å². The van der Waals surface area contributed by atoms with Gasteiger partial charge in [0, 0.05) is 38.6 Å². The summed E-state index contributed by atoms with van der Waals surface area (Å²) in [7, 11) is 2.17. The Morgan fingerprint density at radius 3 is 2.36 bits per heavy atom. The van der Waals surface area contributed by atoms with Crippen LogP contribution in [0.4, 0.5) is 0 Å². The fourth-order valence-corrected chi connectivity index (χ4v) is 3.86. The van der Waals surface area contributed by atoms with E-state index in [4.69, 9.17) is 9.97 Å². The van der Waals surface area contributed by atoms with Gasteiger partial charge in [0.05, 0.1) is 30.0 Å². The summed E-state index contributed by atoms with van der Waals surface area (Å²) in [6, 6.07) is 0. The molecule has 2 aliphatic rings. The standard InChI is InChI=1S/C19H30N6/c1-14(2)15-10-23-8-9-25(13-18(23)20-15)19(3,4)16-11-24-7-6-22(5)12-17(24)21-16/h10-11,14H,6-9,12-13H2,1-5H3. The Kier molecular flexibility index (Phi) is 4.00. The molecule has 0 saturated carbocycles. The molecule has 0 fully saturated rings. The topological polar surface area (TPSA) is 42.1 Å². The highest BCUT2D eigenvalue weighted by atomic mass is 15.3. The Morgan fingerprint density at radius 1 is 0.920 bits per heavy atom. The Balaban J connectivity index is 1.58. The van der Waals surface area contributed by atoms with Crippen molar-refractivity contribution in [2.45, 2.75) is 65.3 Å². The van der Waals surface area contributed by atoms with E-state index in [1.54, 1.807) is 0 Å². The summed E-state index contributed by atoms with van der Waals surface area (Å²) < 4.78 is 4.66. The molecule has 4 heterocycles. The Morgan fingerprint density at radius 2 is 1.60 bits per heavy atom. The smallest absolute Gasteiger partial charge is 0.123 e. The quantitative estimate of drug-likeness (QED) is 0.859. The molecule has 0 atom stereocenters. The first-order valence-electron chi connectivity index (χ1n) is 9.40. The zero-order chi connectivity index (χ0) is 17.8. The summed E-state index contributed by atoms with van der Waals surface area (Å²) in [5.41, 5.74) is 2.30. The van der Waals surface area contributed by atoms with Crippen molar-refractivity contribution in [2.24, 2.45) is 0 Å². The molecule has 0 unspecified atom stereocenters. The van der Waals surface area contributed by atoms with Gasteiger partial charge in [0.2, 0.25) is 0 Å². The number of likely N-dealkylation sites (N-methyl/N-ethyl adjacent to an activating group) is 1. The van der Waals surface area contributed by atoms with Gasteiger partial charge in [-0.15, -0.1) is 0 Å². The number of aromatic nitrogens is 4. The maximum atomic E-state index is 4.99. The third-order valence-corrected chi connectivity index (χ3v) is 5.82. The molecule has 25 heavy (non-hydrogen) atoms.